The maximum Gasteiger partial charge on any atom is 0.226 e. The van der Waals surface area contributed by atoms with Crippen LogP contribution in [0.1, 0.15) is 24.3 Å². The van der Waals surface area contributed by atoms with Gasteiger partial charge < -0.3 is 10.2 Å². The van der Waals surface area contributed by atoms with Crippen molar-refractivity contribution in [2.75, 3.05) is 20.1 Å². The SMILES string of the molecule is CN(C(=O)C1CC1c1ccc(Cl)cc1Cl)C1CCNC1.Cl. The van der Waals surface area contributed by atoms with Crippen LogP contribution in [0.3, 0.4) is 0 Å². The van der Waals surface area contributed by atoms with Gasteiger partial charge in [-0.05, 0) is 43.0 Å². The lowest BCUT2D eigenvalue weighted by molar-refractivity contribution is -0.133. The molecule has 3 unspecified atom stereocenters. The number of carbonyl (C=O) groups is 1. The average Bonchev–Trinajstić information content (AvgIpc) is 3.00. The minimum atomic E-state index is 0. The van der Waals surface area contributed by atoms with Crippen LogP contribution in [0.15, 0.2) is 18.2 Å². The Kier molecular flexibility index (Phi) is 5.42. The molecule has 1 aliphatic heterocycles. The monoisotopic (exact) mass is 348 g/mol. The Hall–Kier alpha value is -0.480. The fourth-order valence-corrected chi connectivity index (χ4v) is 3.57. The van der Waals surface area contributed by atoms with Crippen molar-refractivity contribution in [3.63, 3.8) is 0 Å². The number of benzene rings is 1. The molecule has 2 fully saturated rings. The van der Waals surface area contributed by atoms with Gasteiger partial charge in [0.15, 0.2) is 0 Å². The van der Waals surface area contributed by atoms with E-state index in [0.717, 1.165) is 31.5 Å². The minimum Gasteiger partial charge on any atom is -0.341 e. The third-order valence-corrected chi connectivity index (χ3v) is 4.96. The molecule has 21 heavy (non-hydrogen) atoms. The van der Waals surface area contributed by atoms with E-state index in [1.807, 2.05) is 24.1 Å². The van der Waals surface area contributed by atoms with Gasteiger partial charge in [-0.2, -0.15) is 0 Å². The first-order valence-electron chi connectivity index (χ1n) is 7.00. The topological polar surface area (TPSA) is 32.3 Å². The molecule has 1 aliphatic carbocycles. The van der Waals surface area contributed by atoms with E-state index in [-0.39, 0.29) is 30.2 Å². The van der Waals surface area contributed by atoms with Gasteiger partial charge in [-0.15, -0.1) is 12.4 Å². The predicted octanol–water partition coefficient (Wildman–Crippen LogP) is 3.34. The molecule has 3 rings (SSSR count). The summed E-state index contributed by atoms with van der Waals surface area (Å²) < 4.78 is 0. The van der Waals surface area contributed by atoms with E-state index in [4.69, 9.17) is 23.2 Å². The van der Waals surface area contributed by atoms with E-state index in [1.165, 1.54) is 0 Å². The number of rotatable bonds is 3. The highest BCUT2D eigenvalue weighted by atomic mass is 35.5. The summed E-state index contributed by atoms with van der Waals surface area (Å²) in [6, 6.07) is 5.88. The van der Waals surface area contributed by atoms with Gasteiger partial charge in [0.05, 0.1) is 0 Å². The number of carbonyl (C=O) groups excluding carboxylic acids is 1. The van der Waals surface area contributed by atoms with Crippen LogP contribution in [-0.2, 0) is 4.79 Å². The second-order valence-electron chi connectivity index (χ2n) is 5.71. The Balaban J connectivity index is 0.00000161. The van der Waals surface area contributed by atoms with Crippen LogP contribution in [0.25, 0.3) is 0 Å². The maximum atomic E-state index is 12.5. The van der Waals surface area contributed by atoms with Crippen molar-refractivity contribution in [1.82, 2.24) is 10.2 Å². The number of likely N-dealkylation sites (N-methyl/N-ethyl adjacent to an activating group) is 1. The minimum absolute atomic E-state index is 0. The molecule has 0 radical (unpaired) electrons. The number of nitrogens with zero attached hydrogens (tertiary/aromatic N) is 1. The van der Waals surface area contributed by atoms with E-state index in [9.17, 15) is 4.79 Å². The molecule has 3 atom stereocenters. The molecule has 1 saturated carbocycles. The molecule has 1 amide bonds. The number of hydrogen-bond acceptors (Lipinski definition) is 2. The van der Waals surface area contributed by atoms with Crippen LogP contribution in [0.2, 0.25) is 10.0 Å². The fraction of sp³-hybridized carbons (Fsp3) is 0.533. The lowest BCUT2D eigenvalue weighted by Gasteiger charge is -2.24. The van der Waals surface area contributed by atoms with Gasteiger partial charge in [0.1, 0.15) is 0 Å². The molecule has 116 valence electrons. The van der Waals surface area contributed by atoms with Crippen LogP contribution < -0.4 is 5.32 Å². The smallest absolute Gasteiger partial charge is 0.226 e. The summed E-state index contributed by atoms with van der Waals surface area (Å²) in [5.41, 5.74) is 1.05. The second-order valence-corrected chi connectivity index (χ2v) is 6.55. The van der Waals surface area contributed by atoms with Crippen LogP contribution in [-0.4, -0.2) is 37.0 Å². The summed E-state index contributed by atoms with van der Waals surface area (Å²) in [6.45, 7) is 1.90. The Morgan fingerprint density at radius 3 is 2.76 bits per heavy atom. The Morgan fingerprint density at radius 2 is 2.14 bits per heavy atom. The molecular weight excluding hydrogens is 331 g/mol. The molecule has 1 aromatic rings. The van der Waals surface area contributed by atoms with E-state index < -0.39 is 0 Å². The fourth-order valence-electron chi connectivity index (χ4n) is 3.03. The first-order chi connectivity index (χ1) is 9.58. The van der Waals surface area contributed by atoms with Crippen molar-refractivity contribution in [3.8, 4) is 0 Å². The summed E-state index contributed by atoms with van der Waals surface area (Å²) >= 11 is 12.1. The number of hydrogen-bond donors (Lipinski definition) is 1. The summed E-state index contributed by atoms with van der Waals surface area (Å²) in [5, 5.41) is 4.60. The maximum absolute atomic E-state index is 12.5. The molecule has 1 saturated heterocycles. The zero-order chi connectivity index (χ0) is 14.3. The van der Waals surface area contributed by atoms with Crippen molar-refractivity contribution < 1.29 is 4.79 Å². The zero-order valence-corrected chi connectivity index (χ0v) is 14.1. The molecule has 0 aromatic heterocycles. The normalized spacial score (nSPS) is 27.1. The van der Waals surface area contributed by atoms with Gasteiger partial charge in [-0.3, -0.25) is 4.79 Å². The van der Waals surface area contributed by atoms with Crippen molar-refractivity contribution in [2.45, 2.75) is 24.8 Å². The Bertz CT molecular complexity index is 532. The highest BCUT2D eigenvalue weighted by Crippen LogP contribution is 2.50. The predicted molar refractivity (Wildman–Crippen MR) is 88.6 cm³/mol. The highest BCUT2D eigenvalue weighted by Gasteiger charge is 2.47. The van der Waals surface area contributed by atoms with Crippen LogP contribution in [0.4, 0.5) is 0 Å². The van der Waals surface area contributed by atoms with Crippen LogP contribution >= 0.6 is 35.6 Å². The van der Waals surface area contributed by atoms with Gasteiger partial charge in [-0.1, -0.05) is 29.3 Å². The van der Waals surface area contributed by atoms with Crippen molar-refractivity contribution >= 4 is 41.5 Å². The summed E-state index contributed by atoms with van der Waals surface area (Å²) in [7, 11) is 1.92. The summed E-state index contributed by atoms with van der Waals surface area (Å²) in [6.07, 6.45) is 1.94. The highest BCUT2D eigenvalue weighted by molar-refractivity contribution is 6.35. The van der Waals surface area contributed by atoms with Gasteiger partial charge >= 0.3 is 0 Å². The first kappa shape index (κ1) is 16.9. The van der Waals surface area contributed by atoms with Crippen molar-refractivity contribution in [2.24, 2.45) is 5.92 Å². The van der Waals surface area contributed by atoms with E-state index in [1.54, 1.807) is 6.07 Å². The second kappa shape index (κ2) is 6.74. The lowest BCUT2D eigenvalue weighted by Crippen LogP contribution is -2.39. The average molecular weight is 350 g/mol. The molecule has 3 nitrogen and oxygen atoms in total. The molecular formula is C15H19Cl3N2O. The molecule has 2 aliphatic rings. The van der Waals surface area contributed by atoms with Gasteiger partial charge in [-0.25, -0.2) is 0 Å². The van der Waals surface area contributed by atoms with E-state index in [2.05, 4.69) is 5.32 Å². The molecule has 1 N–H and O–H groups in total. The Labute approximate surface area is 141 Å². The molecule has 6 heteroatoms. The van der Waals surface area contributed by atoms with Crippen molar-refractivity contribution in [3.05, 3.63) is 33.8 Å². The third kappa shape index (κ3) is 3.48. The number of nitrogens with one attached hydrogen (secondary N) is 1. The number of amides is 1. The largest absolute Gasteiger partial charge is 0.341 e. The van der Waals surface area contributed by atoms with Gasteiger partial charge in [0, 0.05) is 35.6 Å². The van der Waals surface area contributed by atoms with Crippen LogP contribution in [0.5, 0.6) is 0 Å². The van der Waals surface area contributed by atoms with Gasteiger partial charge in [0.25, 0.3) is 0 Å². The van der Waals surface area contributed by atoms with E-state index in [0.29, 0.717) is 16.1 Å². The summed E-state index contributed by atoms with van der Waals surface area (Å²) in [4.78, 5) is 14.4. The molecule has 1 heterocycles. The third-order valence-electron chi connectivity index (χ3n) is 4.40. The quantitative estimate of drug-likeness (QED) is 0.907. The first-order valence-corrected chi connectivity index (χ1v) is 7.76. The lowest BCUT2D eigenvalue weighted by atomic mass is 10.1. The standard InChI is InChI=1S/C15H18Cl2N2O.ClH/c1-19(10-4-5-18-8-10)15(20)13-7-12(13)11-3-2-9(16)6-14(11)17;/h2-3,6,10,12-13,18H,4-5,7-8H2,1H3;1H. The van der Waals surface area contributed by atoms with Crippen LogP contribution in [0, 0.1) is 5.92 Å². The molecule has 0 spiro atoms. The number of halogens is 3. The van der Waals surface area contributed by atoms with Crippen molar-refractivity contribution in [1.29, 1.82) is 0 Å². The Morgan fingerprint density at radius 1 is 1.38 bits per heavy atom. The molecule has 0 bridgehead atoms. The van der Waals surface area contributed by atoms with Gasteiger partial charge in [0.2, 0.25) is 5.91 Å². The summed E-state index contributed by atoms with van der Waals surface area (Å²) in [5.74, 6) is 0.582. The van der Waals surface area contributed by atoms with E-state index >= 15 is 0 Å². The molecule has 1 aromatic carbocycles. The zero-order valence-electron chi connectivity index (χ0n) is 11.8.